The van der Waals surface area contributed by atoms with Crippen molar-refractivity contribution in [1.29, 1.82) is 0 Å². The summed E-state index contributed by atoms with van der Waals surface area (Å²) < 4.78 is 19.6. The molecule has 6 heteroatoms. The Kier molecular flexibility index (Phi) is 5.68. The van der Waals surface area contributed by atoms with Gasteiger partial charge < -0.3 is 4.74 Å². The van der Waals surface area contributed by atoms with Crippen LogP contribution in [0.15, 0.2) is 83.8 Å². The van der Waals surface area contributed by atoms with Crippen LogP contribution in [0.5, 0.6) is 5.75 Å². The molecule has 0 N–H and O–H groups in total. The van der Waals surface area contributed by atoms with Crippen LogP contribution in [-0.2, 0) is 15.3 Å². The SMILES string of the molecule is COc1ccc(C2=C(SCc3ccccc3)C(=O)N(c3ccccc3F)C2=O)cc1. The van der Waals surface area contributed by atoms with Crippen molar-refractivity contribution in [3.05, 3.63) is 101 Å². The van der Waals surface area contributed by atoms with Gasteiger partial charge in [0.05, 0.1) is 23.3 Å². The van der Waals surface area contributed by atoms with Crippen LogP contribution >= 0.6 is 11.8 Å². The average Bonchev–Trinajstić information content (AvgIpc) is 3.03. The van der Waals surface area contributed by atoms with Gasteiger partial charge >= 0.3 is 0 Å². The summed E-state index contributed by atoms with van der Waals surface area (Å²) in [5.74, 6) is -0.522. The van der Waals surface area contributed by atoms with E-state index >= 15 is 0 Å². The number of thioether (sulfide) groups is 1. The van der Waals surface area contributed by atoms with Gasteiger partial charge in [0.2, 0.25) is 0 Å². The maximum Gasteiger partial charge on any atom is 0.272 e. The highest BCUT2D eigenvalue weighted by atomic mass is 32.2. The molecule has 4 rings (SSSR count). The van der Waals surface area contributed by atoms with Crippen LogP contribution in [0.3, 0.4) is 0 Å². The van der Waals surface area contributed by atoms with Crippen molar-refractivity contribution in [2.45, 2.75) is 5.75 Å². The largest absolute Gasteiger partial charge is 0.497 e. The number of carbonyl (C=O) groups excluding carboxylic acids is 2. The van der Waals surface area contributed by atoms with Gasteiger partial charge in [-0.05, 0) is 35.4 Å². The summed E-state index contributed by atoms with van der Waals surface area (Å²) in [4.78, 5) is 27.7. The highest BCUT2D eigenvalue weighted by Gasteiger charge is 2.41. The molecular weight excluding hydrogens is 401 g/mol. The highest BCUT2D eigenvalue weighted by Crippen LogP contribution is 2.40. The van der Waals surface area contributed by atoms with Gasteiger partial charge in [-0.2, -0.15) is 0 Å². The Hall–Kier alpha value is -3.38. The van der Waals surface area contributed by atoms with Gasteiger partial charge in [0.25, 0.3) is 11.8 Å². The van der Waals surface area contributed by atoms with Gasteiger partial charge in [0.1, 0.15) is 11.6 Å². The minimum absolute atomic E-state index is 0.0474. The zero-order valence-corrected chi connectivity index (χ0v) is 17.0. The number of nitrogens with zero attached hydrogens (tertiary/aromatic N) is 1. The fourth-order valence-corrected chi connectivity index (χ4v) is 4.31. The van der Waals surface area contributed by atoms with Gasteiger partial charge in [-0.1, -0.05) is 54.6 Å². The van der Waals surface area contributed by atoms with Crippen molar-refractivity contribution in [2.75, 3.05) is 12.0 Å². The van der Waals surface area contributed by atoms with E-state index in [-0.39, 0.29) is 11.3 Å². The van der Waals surface area contributed by atoms with Crippen molar-refractivity contribution in [3.8, 4) is 5.75 Å². The minimum Gasteiger partial charge on any atom is -0.497 e. The number of ether oxygens (including phenoxy) is 1. The van der Waals surface area contributed by atoms with Gasteiger partial charge in [-0.15, -0.1) is 11.8 Å². The van der Waals surface area contributed by atoms with Crippen molar-refractivity contribution >= 4 is 34.8 Å². The summed E-state index contributed by atoms with van der Waals surface area (Å²) in [6, 6.07) is 22.4. The second-order valence-electron chi connectivity index (χ2n) is 6.60. The normalized spacial score (nSPS) is 13.9. The molecule has 1 aliphatic rings. The molecule has 0 saturated heterocycles. The van der Waals surface area contributed by atoms with Crippen molar-refractivity contribution in [3.63, 3.8) is 0 Å². The van der Waals surface area contributed by atoms with Crippen molar-refractivity contribution in [2.24, 2.45) is 0 Å². The predicted octanol–water partition coefficient (Wildman–Crippen LogP) is 5.05. The monoisotopic (exact) mass is 419 g/mol. The van der Waals surface area contributed by atoms with Gasteiger partial charge in [-0.3, -0.25) is 9.59 Å². The van der Waals surface area contributed by atoms with Crippen molar-refractivity contribution < 1.29 is 18.7 Å². The molecule has 0 radical (unpaired) electrons. The number of hydrogen-bond acceptors (Lipinski definition) is 4. The minimum atomic E-state index is -0.623. The number of benzene rings is 3. The Labute approximate surface area is 178 Å². The average molecular weight is 419 g/mol. The van der Waals surface area contributed by atoms with Crippen LogP contribution < -0.4 is 9.64 Å². The second-order valence-corrected chi connectivity index (χ2v) is 7.59. The van der Waals surface area contributed by atoms with E-state index in [0.717, 1.165) is 10.5 Å². The Morgan fingerprint density at radius 3 is 2.20 bits per heavy atom. The molecule has 30 heavy (non-hydrogen) atoms. The molecule has 1 heterocycles. The fraction of sp³-hybridized carbons (Fsp3) is 0.0833. The van der Waals surface area contributed by atoms with Crippen LogP contribution in [0, 0.1) is 5.82 Å². The Morgan fingerprint density at radius 2 is 1.53 bits per heavy atom. The maximum atomic E-state index is 14.4. The van der Waals surface area contributed by atoms with E-state index in [2.05, 4.69) is 0 Å². The van der Waals surface area contributed by atoms with Crippen LogP contribution in [0.1, 0.15) is 11.1 Å². The van der Waals surface area contributed by atoms with Crippen molar-refractivity contribution in [1.82, 2.24) is 0 Å². The van der Waals surface area contributed by atoms with Gasteiger partial charge in [0.15, 0.2) is 0 Å². The lowest BCUT2D eigenvalue weighted by Crippen LogP contribution is -2.32. The zero-order chi connectivity index (χ0) is 21.1. The Bertz CT molecular complexity index is 1130. The first-order valence-corrected chi connectivity index (χ1v) is 10.3. The molecule has 2 amide bonds. The second kappa shape index (κ2) is 8.55. The number of rotatable bonds is 6. The molecule has 150 valence electrons. The molecule has 3 aromatic rings. The van der Waals surface area contributed by atoms with E-state index in [4.69, 9.17) is 4.74 Å². The van der Waals surface area contributed by atoms with Gasteiger partial charge in [0, 0.05) is 5.75 Å². The van der Waals surface area contributed by atoms with Crippen LogP contribution in [0.25, 0.3) is 5.57 Å². The molecule has 0 atom stereocenters. The number of carbonyl (C=O) groups is 2. The Balaban J connectivity index is 1.75. The molecule has 0 fully saturated rings. The quantitative estimate of drug-likeness (QED) is 0.525. The third-order valence-electron chi connectivity index (χ3n) is 4.74. The standard InChI is InChI=1S/C24H18FNO3S/c1-29-18-13-11-17(12-14-18)21-22(30-15-16-7-3-2-4-8-16)24(28)26(23(21)27)20-10-6-5-9-19(20)25/h2-14H,15H2,1H3. The summed E-state index contributed by atoms with van der Waals surface area (Å²) in [5, 5.41) is 0. The molecule has 0 bridgehead atoms. The lowest BCUT2D eigenvalue weighted by Gasteiger charge is -2.15. The molecule has 3 aromatic carbocycles. The van der Waals surface area contributed by atoms with E-state index < -0.39 is 17.6 Å². The smallest absolute Gasteiger partial charge is 0.272 e. The molecule has 0 aromatic heterocycles. The number of para-hydroxylation sites is 1. The van der Waals surface area contributed by atoms with E-state index in [1.807, 2.05) is 30.3 Å². The zero-order valence-electron chi connectivity index (χ0n) is 16.2. The molecule has 0 saturated carbocycles. The van der Waals surface area contributed by atoms with E-state index in [1.165, 1.54) is 30.0 Å². The Morgan fingerprint density at radius 1 is 0.867 bits per heavy atom. The van der Waals surface area contributed by atoms with E-state index in [0.29, 0.717) is 22.0 Å². The summed E-state index contributed by atoms with van der Waals surface area (Å²) in [6.45, 7) is 0. The molecule has 1 aliphatic heterocycles. The van der Waals surface area contributed by atoms with E-state index in [1.54, 1.807) is 37.4 Å². The summed E-state index contributed by atoms with van der Waals surface area (Å²) in [7, 11) is 1.56. The molecule has 0 spiro atoms. The van der Waals surface area contributed by atoms with Crippen LogP contribution in [-0.4, -0.2) is 18.9 Å². The number of hydrogen-bond donors (Lipinski definition) is 0. The topological polar surface area (TPSA) is 46.6 Å². The lowest BCUT2D eigenvalue weighted by atomic mass is 10.1. The first-order valence-electron chi connectivity index (χ1n) is 9.29. The number of amides is 2. The molecule has 0 aliphatic carbocycles. The maximum absolute atomic E-state index is 14.4. The molecular formula is C24H18FNO3S. The van der Waals surface area contributed by atoms with Gasteiger partial charge in [-0.25, -0.2) is 9.29 Å². The number of anilines is 1. The number of halogens is 1. The first-order chi connectivity index (χ1) is 14.6. The van der Waals surface area contributed by atoms with E-state index in [9.17, 15) is 14.0 Å². The summed E-state index contributed by atoms with van der Waals surface area (Å²) in [5.41, 5.74) is 1.83. The van der Waals surface area contributed by atoms with Crippen LogP contribution in [0.2, 0.25) is 0 Å². The number of methoxy groups -OCH3 is 1. The third-order valence-corrected chi connectivity index (χ3v) is 5.88. The fourth-order valence-electron chi connectivity index (χ4n) is 3.24. The first kappa shape index (κ1) is 19.9. The summed E-state index contributed by atoms with van der Waals surface area (Å²) >= 11 is 1.28. The predicted molar refractivity (Wildman–Crippen MR) is 117 cm³/mol. The third kappa shape index (κ3) is 3.74. The molecule has 0 unspecified atom stereocenters. The highest BCUT2D eigenvalue weighted by molar-refractivity contribution is 8.03. The van der Waals surface area contributed by atoms with Crippen LogP contribution in [0.4, 0.5) is 10.1 Å². The summed E-state index contributed by atoms with van der Waals surface area (Å²) in [6.07, 6.45) is 0. The number of imide groups is 1. The lowest BCUT2D eigenvalue weighted by molar-refractivity contribution is -0.119. The molecule has 4 nitrogen and oxygen atoms in total.